The second-order valence-electron chi connectivity index (χ2n) is 2.72. The fourth-order valence-electron chi connectivity index (χ4n) is 1.55. The molecule has 2 unspecified atom stereocenters. The summed E-state index contributed by atoms with van der Waals surface area (Å²) >= 11 is 2.13. The molecule has 9 heavy (non-hydrogen) atoms. The third-order valence-electron chi connectivity index (χ3n) is 2.14. The Hall–Kier alpha value is 0.600. The van der Waals surface area contributed by atoms with E-state index in [1.165, 1.54) is 24.6 Å². The molecule has 2 aliphatic rings. The minimum absolute atomic E-state index is 0. The van der Waals surface area contributed by atoms with E-state index < -0.39 is 0 Å². The van der Waals surface area contributed by atoms with Crippen LogP contribution in [-0.4, -0.2) is 24.6 Å². The Balaban J connectivity index is 0.000000405. The van der Waals surface area contributed by atoms with E-state index in [1.54, 1.807) is 0 Å². The molecule has 54 valence electrons. The Morgan fingerprint density at radius 1 is 1.11 bits per heavy atom. The molecule has 2 rings (SSSR count). The minimum atomic E-state index is 0. The van der Waals surface area contributed by atoms with Crippen molar-refractivity contribution in [2.45, 2.75) is 0 Å². The maximum Gasteiger partial charge on any atom is -0.000907 e. The van der Waals surface area contributed by atoms with Crippen LogP contribution in [0.5, 0.6) is 0 Å². The second kappa shape index (κ2) is 3.13. The highest BCUT2D eigenvalue weighted by molar-refractivity contribution is 7.99. The van der Waals surface area contributed by atoms with Gasteiger partial charge in [-0.25, -0.2) is 0 Å². The van der Waals surface area contributed by atoms with E-state index >= 15 is 0 Å². The van der Waals surface area contributed by atoms with E-state index in [0.29, 0.717) is 0 Å². The van der Waals surface area contributed by atoms with Crippen LogP contribution in [0.4, 0.5) is 0 Å². The molecular formula is C6H12ClNS. The molecule has 0 spiro atoms. The SMILES string of the molecule is C1NCC2CSCC12.Cl. The lowest BCUT2D eigenvalue weighted by Crippen LogP contribution is -2.09. The zero-order valence-electron chi connectivity index (χ0n) is 5.30. The fraction of sp³-hybridized carbons (Fsp3) is 1.00. The maximum absolute atomic E-state index is 3.41. The fourth-order valence-corrected chi connectivity index (χ4v) is 3.07. The summed E-state index contributed by atoms with van der Waals surface area (Å²) in [5.74, 6) is 4.88. The van der Waals surface area contributed by atoms with Crippen LogP contribution in [0, 0.1) is 11.8 Å². The van der Waals surface area contributed by atoms with Gasteiger partial charge in [-0.15, -0.1) is 12.4 Å². The van der Waals surface area contributed by atoms with Gasteiger partial charge < -0.3 is 5.32 Å². The van der Waals surface area contributed by atoms with Crippen LogP contribution < -0.4 is 5.32 Å². The smallest absolute Gasteiger partial charge is 0.000907 e. The molecule has 2 atom stereocenters. The van der Waals surface area contributed by atoms with Gasteiger partial charge in [0, 0.05) is 0 Å². The molecule has 0 radical (unpaired) electrons. The van der Waals surface area contributed by atoms with Gasteiger partial charge in [0.1, 0.15) is 0 Å². The molecule has 1 nitrogen and oxygen atoms in total. The molecule has 0 aromatic heterocycles. The lowest BCUT2D eigenvalue weighted by Gasteiger charge is -2.01. The van der Waals surface area contributed by atoms with Gasteiger partial charge >= 0.3 is 0 Å². The van der Waals surface area contributed by atoms with Gasteiger partial charge in [-0.2, -0.15) is 11.8 Å². The van der Waals surface area contributed by atoms with E-state index in [2.05, 4.69) is 17.1 Å². The first-order chi connectivity index (χ1) is 3.97. The molecule has 0 aliphatic carbocycles. The normalized spacial score (nSPS) is 40.0. The van der Waals surface area contributed by atoms with Crippen molar-refractivity contribution >= 4 is 24.2 Å². The molecule has 0 saturated carbocycles. The minimum Gasteiger partial charge on any atom is -0.316 e. The summed E-state index contributed by atoms with van der Waals surface area (Å²) in [7, 11) is 0. The Labute approximate surface area is 66.4 Å². The zero-order chi connectivity index (χ0) is 5.40. The average Bonchev–Trinajstić information content (AvgIpc) is 2.15. The largest absolute Gasteiger partial charge is 0.316 e. The van der Waals surface area contributed by atoms with Gasteiger partial charge in [0.05, 0.1) is 0 Å². The Bertz CT molecular complexity index is 79.1. The van der Waals surface area contributed by atoms with E-state index in [-0.39, 0.29) is 12.4 Å². The Morgan fingerprint density at radius 3 is 2.22 bits per heavy atom. The third kappa shape index (κ3) is 1.36. The molecule has 0 aromatic rings. The van der Waals surface area contributed by atoms with Gasteiger partial charge in [-0.3, -0.25) is 0 Å². The number of fused-ring (bicyclic) bond motifs is 1. The van der Waals surface area contributed by atoms with Crippen LogP contribution in [-0.2, 0) is 0 Å². The van der Waals surface area contributed by atoms with Crippen LogP contribution in [0.25, 0.3) is 0 Å². The van der Waals surface area contributed by atoms with E-state index in [0.717, 1.165) is 11.8 Å². The van der Waals surface area contributed by atoms with Crippen molar-refractivity contribution in [2.75, 3.05) is 24.6 Å². The summed E-state index contributed by atoms with van der Waals surface area (Å²) in [6, 6.07) is 0. The Morgan fingerprint density at radius 2 is 1.67 bits per heavy atom. The molecule has 0 aromatic carbocycles. The van der Waals surface area contributed by atoms with Gasteiger partial charge in [-0.05, 0) is 36.4 Å². The summed E-state index contributed by atoms with van der Waals surface area (Å²) in [6.45, 7) is 2.58. The van der Waals surface area contributed by atoms with Crippen molar-refractivity contribution in [2.24, 2.45) is 11.8 Å². The summed E-state index contributed by atoms with van der Waals surface area (Å²) in [6.07, 6.45) is 0. The number of nitrogens with one attached hydrogen (secondary N) is 1. The van der Waals surface area contributed by atoms with E-state index in [9.17, 15) is 0 Å². The van der Waals surface area contributed by atoms with Gasteiger partial charge in [0.15, 0.2) is 0 Å². The summed E-state index contributed by atoms with van der Waals surface area (Å²) in [5, 5.41) is 3.41. The third-order valence-corrected chi connectivity index (χ3v) is 3.47. The van der Waals surface area contributed by atoms with Crippen molar-refractivity contribution in [3.8, 4) is 0 Å². The summed E-state index contributed by atoms with van der Waals surface area (Å²) in [5.41, 5.74) is 0. The topological polar surface area (TPSA) is 12.0 Å². The number of rotatable bonds is 0. The first kappa shape index (κ1) is 7.70. The second-order valence-corrected chi connectivity index (χ2v) is 3.79. The molecular weight excluding hydrogens is 154 g/mol. The maximum atomic E-state index is 3.41. The monoisotopic (exact) mass is 165 g/mol. The lowest BCUT2D eigenvalue weighted by atomic mass is 10.0. The van der Waals surface area contributed by atoms with Crippen molar-refractivity contribution < 1.29 is 0 Å². The molecule has 2 saturated heterocycles. The summed E-state index contributed by atoms with van der Waals surface area (Å²) < 4.78 is 0. The van der Waals surface area contributed by atoms with Crippen molar-refractivity contribution in [1.29, 1.82) is 0 Å². The van der Waals surface area contributed by atoms with Crippen LogP contribution in [0.15, 0.2) is 0 Å². The highest BCUT2D eigenvalue weighted by atomic mass is 35.5. The van der Waals surface area contributed by atoms with Gasteiger partial charge in [0.2, 0.25) is 0 Å². The highest BCUT2D eigenvalue weighted by Gasteiger charge is 2.31. The average molecular weight is 166 g/mol. The summed E-state index contributed by atoms with van der Waals surface area (Å²) in [4.78, 5) is 0. The quantitative estimate of drug-likeness (QED) is 0.575. The zero-order valence-corrected chi connectivity index (χ0v) is 6.93. The molecule has 0 amide bonds. The van der Waals surface area contributed by atoms with E-state index in [4.69, 9.17) is 0 Å². The molecule has 2 aliphatic heterocycles. The number of hydrogen-bond donors (Lipinski definition) is 1. The first-order valence-corrected chi connectivity index (χ1v) is 4.41. The van der Waals surface area contributed by atoms with Crippen LogP contribution in [0.2, 0.25) is 0 Å². The first-order valence-electron chi connectivity index (χ1n) is 3.25. The van der Waals surface area contributed by atoms with Crippen LogP contribution >= 0.6 is 24.2 Å². The molecule has 0 bridgehead atoms. The number of halogens is 1. The highest BCUT2D eigenvalue weighted by Crippen LogP contribution is 2.31. The van der Waals surface area contributed by atoms with E-state index in [1.807, 2.05) is 0 Å². The van der Waals surface area contributed by atoms with Crippen molar-refractivity contribution in [1.82, 2.24) is 5.32 Å². The molecule has 2 fully saturated rings. The van der Waals surface area contributed by atoms with Crippen LogP contribution in [0.1, 0.15) is 0 Å². The van der Waals surface area contributed by atoms with Crippen LogP contribution in [0.3, 0.4) is 0 Å². The van der Waals surface area contributed by atoms with Crippen molar-refractivity contribution in [3.63, 3.8) is 0 Å². The molecule has 3 heteroatoms. The predicted molar refractivity (Wildman–Crippen MR) is 44.4 cm³/mol. The molecule has 2 heterocycles. The number of hydrogen-bond acceptors (Lipinski definition) is 2. The predicted octanol–water partition coefficient (Wildman–Crippen LogP) is 0.991. The lowest BCUT2D eigenvalue weighted by molar-refractivity contribution is 0.533. The standard InChI is InChI=1S/C6H11NS.ClH/c1-5-3-8-4-6(5)2-7-1;/h5-7H,1-4H2;1H. The van der Waals surface area contributed by atoms with Crippen molar-refractivity contribution in [3.05, 3.63) is 0 Å². The Kier molecular flexibility index (Phi) is 2.68. The van der Waals surface area contributed by atoms with Gasteiger partial charge in [-0.1, -0.05) is 0 Å². The molecule has 1 N–H and O–H groups in total. The van der Waals surface area contributed by atoms with Gasteiger partial charge in [0.25, 0.3) is 0 Å². The number of thioether (sulfide) groups is 1.